The Hall–Kier alpha value is -4.09. The molecule has 212 valence electrons. The molecule has 1 unspecified atom stereocenters. The van der Waals surface area contributed by atoms with Gasteiger partial charge in [0.25, 0.3) is 11.8 Å². The zero-order chi connectivity index (χ0) is 28.3. The highest BCUT2D eigenvalue weighted by atomic mass is 16.5. The fourth-order valence-corrected chi connectivity index (χ4v) is 4.56. The summed E-state index contributed by atoms with van der Waals surface area (Å²) in [6.07, 6.45) is 2.56. The Labute approximate surface area is 232 Å². The number of imide groups is 2. The van der Waals surface area contributed by atoms with Gasteiger partial charge in [-0.05, 0) is 43.5 Å². The standard InChI is InChI=1S/C29H33N3O8/c33-24(12-5-2-6-15-38-16-17-39-18-19-40-20-8-3-1-4-9-20)30-22-11-7-10-21-26(22)29(37)32(28(21)36)23-13-14-25(34)31-27(23)35/h1,3-4,7-11,23H,2,5-6,12-19H2,(H,30,33)(H,31,34,35). The molecule has 4 rings (SSSR count). The highest BCUT2D eigenvalue weighted by Gasteiger charge is 2.45. The molecule has 5 amide bonds. The van der Waals surface area contributed by atoms with Gasteiger partial charge in [0.05, 0.1) is 36.6 Å². The van der Waals surface area contributed by atoms with Gasteiger partial charge in [-0.1, -0.05) is 30.7 Å². The fourth-order valence-electron chi connectivity index (χ4n) is 4.56. The molecule has 2 aromatic rings. The molecule has 1 fully saturated rings. The van der Waals surface area contributed by atoms with Gasteiger partial charge >= 0.3 is 0 Å². The van der Waals surface area contributed by atoms with Crippen molar-refractivity contribution in [3.05, 3.63) is 59.7 Å². The number of carbonyl (C=O) groups is 5. The summed E-state index contributed by atoms with van der Waals surface area (Å²) < 4.78 is 16.6. The molecular formula is C29H33N3O8. The Morgan fingerprint density at radius 3 is 2.38 bits per heavy atom. The van der Waals surface area contributed by atoms with Crippen LogP contribution in [0.25, 0.3) is 0 Å². The third-order valence-electron chi connectivity index (χ3n) is 6.55. The number of hydrogen-bond donors (Lipinski definition) is 2. The summed E-state index contributed by atoms with van der Waals surface area (Å²) in [5.41, 5.74) is 0.415. The van der Waals surface area contributed by atoms with Gasteiger partial charge in [0.15, 0.2) is 0 Å². The lowest BCUT2D eigenvalue weighted by atomic mass is 10.0. The van der Waals surface area contributed by atoms with Gasteiger partial charge in [-0.25, -0.2) is 0 Å². The number of carbonyl (C=O) groups excluding carboxylic acids is 5. The Morgan fingerprint density at radius 1 is 0.850 bits per heavy atom. The number of hydrogen-bond acceptors (Lipinski definition) is 8. The Morgan fingerprint density at radius 2 is 1.60 bits per heavy atom. The first-order chi connectivity index (χ1) is 19.5. The van der Waals surface area contributed by atoms with E-state index < -0.39 is 29.7 Å². The van der Waals surface area contributed by atoms with Crippen LogP contribution in [0.2, 0.25) is 0 Å². The van der Waals surface area contributed by atoms with E-state index in [1.807, 2.05) is 30.3 Å². The molecule has 0 aromatic heterocycles. The number of fused-ring (bicyclic) bond motifs is 1. The summed E-state index contributed by atoms with van der Waals surface area (Å²) in [6.45, 7) is 2.47. The van der Waals surface area contributed by atoms with Crippen LogP contribution in [0.4, 0.5) is 5.69 Å². The summed E-state index contributed by atoms with van der Waals surface area (Å²) in [6, 6.07) is 13.1. The van der Waals surface area contributed by atoms with E-state index in [4.69, 9.17) is 14.2 Å². The number of unbranched alkanes of at least 4 members (excludes halogenated alkanes) is 2. The first kappa shape index (κ1) is 28.9. The number of rotatable bonds is 15. The number of nitrogens with zero attached hydrogens (tertiary/aromatic N) is 1. The van der Waals surface area contributed by atoms with Crippen molar-refractivity contribution in [2.75, 3.05) is 38.4 Å². The second-order valence-electron chi connectivity index (χ2n) is 9.42. The SMILES string of the molecule is O=C1CCC(N2C(=O)c3cccc(NC(=O)CCCCCOCCOCCOc4ccccc4)c3C2=O)C(=O)N1. The van der Waals surface area contributed by atoms with E-state index >= 15 is 0 Å². The number of amides is 5. The van der Waals surface area contributed by atoms with Crippen molar-refractivity contribution >= 4 is 35.2 Å². The maximum atomic E-state index is 13.1. The van der Waals surface area contributed by atoms with Crippen molar-refractivity contribution < 1.29 is 38.2 Å². The van der Waals surface area contributed by atoms with E-state index in [0.29, 0.717) is 39.5 Å². The van der Waals surface area contributed by atoms with Crippen molar-refractivity contribution in [1.82, 2.24) is 10.2 Å². The quantitative estimate of drug-likeness (QED) is 0.254. The van der Waals surface area contributed by atoms with Crippen molar-refractivity contribution in [2.45, 2.75) is 44.6 Å². The zero-order valence-corrected chi connectivity index (χ0v) is 22.2. The van der Waals surface area contributed by atoms with Crippen LogP contribution in [-0.4, -0.2) is 73.5 Å². The van der Waals surface area contributed by atoms with Gasteiger partial charge in [-0.3, -0.25) is 34.2 Å². The molecule has 0 saturated carbocycles. The molecule has 0 aliphatic carbocycles. The molecule has 0 bridgehead atoms. The maximum Gasteiger partial charge on any atom is 0.264 e. The minimum absolute atomic E-state index is 0.0385. The van der Waals surface area contributed by atoms with E-state index in [1.165, 1.54) is 6.07 Å². The lowest BCUT2D eigenvalue weighted by Crippen LogP contribution is -2.54. The van der Waals surface area contributed by atoms with Gasteiger partial charge < -0.3 is 19.5 Å². The molecule has 40 heavy (non-hydrogen) atoms. The van der Waals surface area contributed by atoms with Gasteiger partial charge in [0, 0.05) is 19.4 Å². The van der Waals surface area contributed by atoms with E-state index in [1.54, 1.807) is 12.1 Å². The Bertz CT molecular complexity index is 1230. The molecular weight excluding hydrogens is 518 g/mol. The zero-order valence-electron chi connectivity index (χ0n) is 22.2. The van der Waals surface area contributed by atoms with Gasteiger partial charge in [-0.15, -0.1) is 0 Å². The Balaban J connectivity index is 1.11. The van der Waals surface area contributed by atoms with Crippen molar-refractivity contribution in [3.63, 3.8) is 0 Å². The fraction of sp³-hybridized carbons (Fsp3) is 0.414. The minimum atomic E-state index is -1.06. The first-order valence-corrected chi connectivity index (χ1v) is 13.4. The normalized spacial score (nSPS) is 16.6. The molecule has 2 N–H and O–H groups in total. The summed E-state index contributed by atoms with van der Waals surface area (Å²) in [7, 11) is 0. The highest BCUT2D eigenvalue weighted by Crippen LogP contribution is 2.32. The van der Waals surface area contributed by atoms with Gasteiger partial charge in [0.2, 0.25) is 17.7 Å². The molecule has 2 aromatic carbocycles. The lowest BCUT2D eigenvalue weighted by Gasteiger charge is -2.27. The van der Waals surface area contributed by atoms with Crippen LogP contribution in [0.5, 0.6) is 5.75 Å². The number of anilines is 1. The van der Waals surface area contributed by atoms with Crippen LogP contribution in [0.1, 0.15) is 59.2 Å². The number of ether oxygens (including phenoxy) is 3. The van der Waals surface area contributed by atoms with Crippen LogP contribution >= 0.6 is 0 Å². The maximum absolute atomic E-state index is 13.1. The lowest BCUT2D eigenvalue weighted by molar-refractivity contribution is -0.136. The summed E-state index contributed by atoms with van der Waals surface area (Å²) >= 11 is 0. The third kappa shape index (κ3) is 7.51. The predicted molar refractivity (Wildman–Crippen MR) is 144 cm³/mol. The molecule has 1 atom stereocenters. The van der Waals surface area contributed by atoms with Crippen LogP contribution in [-0.2, 0) is 23.9 Å². The van der Waals surface area contributed by atoms with E-state index in [2.05, 4.69) is 10.6 Å². The van der Waals surface area contributed by atoms with E-state index in [-0.39, 0.29) is 42.0 Å². The minimum Gasteiger partial charge on any atom is -0.491 e. The van der Waals surface area contributed by atoms with Crippen molar-refractivity contribution in [2.24, 2.45) is 0 Å². The molecule has 0 spiro atoms. The molecule has 1 saturated heterocycles. The summed E-state index contributed by atoms with van der Waals surface area (Å²) in [5.74, 6) is -1.86. The number of benzene rings is 2. The topological polar surface area (TPSA) is 140 Å². The smallest absolute Gasteiger partial charge is 0.264 e. The monoisotopic (exact) mass is 551 g/mol. The van der Waals surface area contributed by atoms with Crippen molar-refractivity contribution in [3.8, 4) is 5.75 Å². The third-order valence-corrected chi connectivity index (χ3v) is 6.55. The van der Waals surface area contributed by atoms with E-state index in [9.17, 15) is 24.0 Å². The van der Waals surface area contributed by atoms with Gasteiger partial charge in [-0.2, -0.15) is 0 Å². The average molecular weight is 552 g/mol. The molecule has 0 radical (unpaired) electrons. The molecule has 11 nitrogen and oxygen atoms in total. The Kier molecular flexibility index (Phi) is 10.4. The second kappa shape index (κ2) is 14.3. The first-order valence-electron chi connectivity index (χ1n) is 13.4. The van der Waals surface area contributed by atoms with Crippen LogP contribution in [0.15, 0.2) is 48.5 Å². The highest BCUT2D eigenvalue weighted by molar-refractivity contribution is 6.26. The summed E-state index contributed by atoms with van der Waals surface area (Å²) in [4.78, 5) is 63.2. The second-order valence-corrected chi connectivity index (χ2v) is 9.42. The summed E-state index contributed by atoms with van der Waals surface area (Å²) in [5, 5.41) is 4.90. The van der Waals surface area contributed by atoms with Crippen LogP contribution < -0.4 is 15.4 Å². The predicted octanol–water partition coefficient (Wildman–Crippen LogP) is 2.70. The number of para-hydroxylation sites is 1. The molecule has 2 aliphatic heterocycles. The van der Waals surface area contributed by atoms with Crippen LogP contribution in [0.3, 0.4) is 0 Å². The molecule has 2 aliphatic rings. The average Bonchev–Trinajstić information content (AvgIpc) is 3.20. The molecule has 11 heteroatoms. The van der Waals surface area contributed by atoms with Crippen LogP contribution in [0, 0.1) is 0 Å². The number of nitrogens with one attached hydrogen (secondary N) is 2. The molecule has 2 heterocycles. The van der Waals surface area contributed by atoms with Crippen molar-refractivity contribution in [1.29, 1.82) is 0 Å². The van der Waals surface area contributed by atoms with E-state index in [0.717, 1.165) is 23.5 Å². The number of piperidine rings is 1. The largest absolute Gasteiger partial charge is 0.491 e. The van der Waals surface area contributed by atoms with Gasteiger partial charge in [0.1, 0.15) is 18.4 Å².